The molecule has 1 N–H and O–H groups in total. The lowest BCUT2D eigenvalue weighted by atomic mass is 10.0. The van der Waals surface area contributed by atoms with Gasteiger partial charge in [-0.2, -0.15) is 0 Å². The molecule has 1 aliphatic rings. The predicted molar refractivity (Wildman–Crippen MR) is 114 cm³/mol. The summed E-state index contributed by atoms with van der Waals surface area (Å²) in [5.74, 6) is -0.594. The number of nitrogens with zero attached hydrogens (tertiary/aromatic N) is 1. The second-order valence-electron chi connectivity index (χ2n) is 7.46. The summed E-state index contributed by atoms with van der Waals surface area (Å²) in [6.07, 6.45) is 0. The average molecular weight is 398 g/mol. The van der Waals surface area contributed by atoms with Crippen LogP contribution in [0.15, 0.2) is 78.9 Å². The van der Waals surface area contributed by atoms with Crippen molar-refractivity contribution < 1.29 is 14.4 Å². The first-order chi connectivity index (χ1) is 14.5. The van der Waals surface area contributed by atoms with Gasteiger partial charge in [0.05, 0.1) is 17.7 Å². The fourth-order valence-electron chi connectivity index (χ4n) is 3.62. The molecule has 3 aromatic rings. The fourth-order valence-corrected chi connectivity index (χ4v) is 3.62. The van der Waals surface area contributed by atoms with Gasteiger partial charge in [0, 0.05) is 12.1 Å². The molecule has 3 aromatic carbocycles. The fraction of sp³-hybridized carbons (Fsp3) is 0.160. The van der Waals surface area contributed by atoms with Crippen molar-refractivity contribution in [2.75, 3.05) is 6.54 Å². The maximum absolute atomic E-state index is 12.6. The van der Waals surface area contributed by atoms with Crippen molar-refractivity contribution in [2.24, 2.45) is 0 Å². The molecule has 5 nitrogen and oxygen atoms in total. The van der Waals surface area contributed by atoms with Gasteiger partial charge in [-0.05, 0) is 41.3 Å². The van der Waals surface area contributed by atoms with Gasteiger partial charge >= 0.3 is 0 Å². The highest BCUT2D eigenvalue weighted by atomic mass is 16.2. The van der Waals surface area contributed by atoms with E-state index in [2.05, 4.69) is 12.2 Å². The molecule has 1 aliphatic heterocycles. The number of carbonyl (C=O) groups excluding carboxylic acids is 3. The molecule has 150 valence electrons. The van der Waals surface area contributed by atoms with Crippen LogP contribution in [0.2, 0.25) is 0 Å². The first-order valence-electron chi connectivity index (χ1n) is 9.92. The summed E-state index contributed by atoms with van der Waals surface area (Å²) >= 11 is 0. The van der Waals surface area contributed by atoms with Crippen LogP contribution in [0.1, 0.15) is 55.0 Å². The molecule has 3 amide bonds. The summed E-state index contributed by atoms with van der Waals surface area (Å²) in [7, 11) is 0. The van der Waals surface area contributed by atoms with Crippen LogP contribution in [0.5, 0.6) is 0 Å². The van der Waals surface area contributed by atoms with Gasteiger partial charge in [0.1, 0.15) is 0 Å². The van der Waals surface area contributed by atoms with E-state index in [9.17, 15) is 14.4 Å². The van der Waals surface area contributed by atoms with Gasteiger partial charge in [-0.1, -0.05) is 61.5 Å². The highest BCUT2D eigenvalue weighted by Gasteiger charge is 2.34. The summed E-state index contributed by atoms with van der Waals surface area (Å²) in [6.45, 7) is 2.72. The molecule has 30 heavy (non-hydrogen) atoms. The lowest BCUT2D eigenvalue weighted by Crippen LogP contribution is -2.30. The smallest absolute Gasteiger partial charge is 0.261 e. The number of carbonyl (C=O) groups is 3. The normalized spacial score (nSPS) is 13.8. The zero-order chi connectivity index (χ0) is 21.1. The van der Waals surface area contributed by atoms with E-state index in [1.807, 2.05) is 36.4 Å². The summed E-state index contributed by atoms with van der Waals surface area (Å²) in [5.41, 5.74) is 3.24. The molecular weight excluding hydrogens is 376 g/mol. The molecule has 4 rings (SSSR count). The maximum Gasteiger partial charge on any atom is 0.261 e. The van der Waals surface area contributed by atoms with Crippen molar-refractivity contribution in [1.29, 1.82) is 0 Å². The van der Waals surface area contributed by atoms with E-state index in [1.165, 1.54) is 4.90 Å². The summed E-state index contributed by atoms with van der Waals surface area (Å²) in [4.78, 5) is 39.0. The molecule has 5 heteroatoms. The van der Waals surface area contributed by atoms with Gasteiger partial charge in [0.2, 0.25) is 0 Å². The number of hydrogen-bond donors (Lipinski definition) is 1. The van der Waals surface area contributed by atoms with Crippen LogP contribution < -0.4 is 5.32 Å². The minimum atomic E-state index is -0.304. The average Bonchev–Trinajstić information content (AvgIpc) is 3.03. The van der Waals surface area contributed by atoms with E-state index in [0.717, 1.165) is 11.1 Å². The number of rotatable bonds is 6. The van der Waals surface area contributed by atoms with E-state index in [-0.39, 0.29) is 30.2 Å². The van der Waals surface area contributed by atoms with Crippen LogP contribution in [0.3, 0.4) is 0 Å². The predicted octanol–water partition coefficient (Wildman–Crippen LogP) is 4.02. The number of nitrogens with one attached hydrogen (secondary N) is 1. The number of fused-ring (bicyclic) bond motifs is 1. The second-order valence-corrected chi connectivity index (χ2v) is 7.46. The molecule has 0 aliphatic carbocycles. The molecule has 0 radical (unpaired) electrons. The van der Waals surface area contributed by atoms with Crippen molar-refractivity contribution >= 4 is 17.7 Å². The van der Waals surface area contributed by atoms with Crippen molar-refractivity contribution in [3.05, 3.63) is 107 Å². The summed E-state index contributed by atoms with van der Waals surface area (Å²) in [5, 5.41) is 2.96. The number of benzene rings is 3. The Morgan fingerprint density at radius 3 is 2.17 bits per heavy atom. The molecule has 0 saturated carbocycles. The third-order valence-corrected chi connectivity index (χ3v) is 5.35. The minimum absolute atomic E-state index is 0.133. The Labute approximate surface area is 175 Å². The topological polar surface area (TPSA) is 66.5 Å². The van der Waals surface area contributed by atoms with Crippen LogP contribution in [0, 0.1) is 0 Å². The van der Waals surface area contributed by atoms with Crippen LogP contribution in [0.25, 0.3) is 0 Å². The van der Waals surface area contributed by atoms with Crippen LogP contribution >= 0.6 is 0 Å². The Balaban J connectivity index is 1.42. The van der Waals surface area contributed by atoms with E-state index in [0.29, 0.717) is 23.2 Å². The van der Waals surface area contributed by atoms with Crippen LogP contribution in [0.4, 0.5) is 0 Å². The number of imide groups is 1. The molecule has 0 fully saturated rings. The first kappa shape index (κ1) is 19.6. The zero-order valence-corrected chi connectivity index (χ0v) is 16.7. The molecule has 0 unspecified atom stereocenters. The zero-order valence-electron chi connectivity index (χ0n) is 16.7. The Bertz CT molecular complexity index is 1070. The molecule has 1 heterocycles. The van der Waals surface area contributed by atoms with Gasteiger partial charge in [-0.25, -0.2) is 0 Å². The standard InChI is InChI=1S/C25H22N2O3/c1-17(19-9-3-2-4-10-19)15-26-23(28)20-11-7-8-18(14-20)16-27-24(29)21-12-5-6-13-22(21)25(27)30/h2-14,17H,15-16H2,1H3,(H,26,28)/t17-/m1/s1. The Morgan fingerprint density at radius 1 is 0.867 bits per heavy atom. The van der Waals surface area contributed by atoms with E-state index in [4.69, 9.17) is 0 Å². The van der Waals surface area contributed by atoms with Gasteiger partial charge < -0.3 is 5.32 Å². The first-order valence-corrected chi connectivity index (χ1v) is 9.92. The Morgan fingerprint density at radius 2 is 1.50 bits per heavy atom. The monoisotopic (exact) mass is 398 g/mol. The second kappa shape index (κ2) is 8.33. The van der Waals surface area contributed by atoms with Gasteiger partial charge in [-0.15, -0.1) is 0 Å². The SMILES string of the molecule is C[C@H](CNC(=O)c1cccc(CN2C(=O)c3ccccc3C2=O)c1)c1ccccc1. The lowest BCUT2D eigenvalue weighted by molar-refractivity contribution is 0.0642. The van der Waals surface area contributed by atoms with Gasteiger partial charge in [0.15, 0.2) is 0 Å². The van der Waals surface area contributed by atoms with E-state index in [1.54, 1.807) is 42.5 Å². The Hall–Kier alpha value is -3.73. The van der Waals surface area contributed by atoms with Crippen molar-refractivity contribution in [1.82, 2.24) is 10.2 Å². The molecular formula is C25H22N2O3. The summed E-state index contributed by atoms with van der Waals surface area (Å²) in [6, 6.07) is 23.9. The van der Waals surface area contributed by atoms with Crippen molar-refractivity contribution in [2.45, 2.75) is 19.4 Å². The molecule has 0 saturated heterocycles. The van der Waals surface area contributed by atoms with Gasteiger partial charge in [0.25, 0.3) is 17.7 Å². The molecule has 1 atom stereocenters. The minimum Gasteiger partial charge on any atom is -0.351 e. The molecule has 0 aromatic heterocycles. The highest BCUT2D eigenvalue weighted by Crippen LogP contribution is 2.24. The molecule has 0 spiro atoms. The third-order valence-electron chi connectivity index (χ3n) is 5.35. The Kier molecular flexibility index (Phi) is 5.44. The van der Waals surface area contributed by atoms with Crippen molar-refractivity contribution in [3.63, 3.8) is 0 Å². The largest absolute Gasteiger partial charge is 0.351 e. The quantitative estimate of drug-likeness (QED) is 0.638. The molecule has 0 bridgehead atoms. The van der Waals surface area contributed by atoms with E-state index >= 15 is 0 Å². The van der Waals surface area contributed by atoms with Gasteiger partial charge in [-0.3, -0.25) is 19.3 Å². The lowest BCUT2D eigenvalue weighted by Gasteiger charge is -2.15. The van der Waals surface area contributed by atoms with Crippen LogP contribution in [-0.2, 0) is 6.54 Å². The number of hydrogen-bond acceptors (Lipinski definition) is 3. The maximum atomic E-state index is 12.6. The van der Waals surface area contributed by atoms with Crippen LogP contribution in [-0.4, -0.2) is 29.2 Å². The highest BCUT2D eigenvalue weighted by molar-refractivity contribution is 6.21. The number of amides is 3. The third kappa shape index (κ3) is 3.87. The summed E-state index contributed by atoms with van der Waals surface area (Å²) < 4.78 is 0. The van der Waals surface area contributed by atoms with E-state index < -0.39 is 0 Å². The van der Waals surface area contributed by atoms with Crippen molar-refractivity contribution in [3.8, 4) is 0 Å².